The number of nitrogens with zero attached hydrogens (tertiary/aromatic N) is 2. The van der Waals surface area contributed by atoms with E-state index in [1.807, 2.05) is 65.7 Å². The van der Waals surface area contributed by atoms with Crippen LogP contribution < -0.4 is 15.5 Å². The molecule has 3 aromatic rings. The topological polar surface area (TPSA) is 105 Å². The molecule has 0 fully saturated rings. The fourth-order valence-corrected chi connectivity index (χ4v) is 4.18. The maximum absolute atomic E-state index is 12.8. The van der Waals surface area contributed by atoms with Crippen LogP contribution in [0.2, 0.25) is 0 Å². The van der Waals surface area contributed by atoms with Gasteiger partial charge < -0.3 is 5.32 Å². The average molecular weight is 449 g/mol. The number of rotatable bonds is 7. The number of anilines is 1. The SMILES string of the molecule is NS(=O)(=O)c1ccc(CCNC(=O)C2=NN(c3ccccc3)[C@H](c3ccccc3)C2)cc1. The second kappa shape index (κ2) is 9.33. The van der Waals surface area contributed by atoms with E-state index < -0.39 is 10.0 Å². The molecule has 1 aliphatic heterocycles. The van der Waals surface area contributed by atoms with Crippen molar-refractivity contribution in [3.05, 3.63) is 96.1 Å². The monoisotopic (exact) mass is 448 g/mol. The van der Waals surface area contributed by atoms with Crippen LogP contribution in [0.5, 0.6) is 0 Å². The normalized spacial score (nSPS) is 16.0. The number of primary sulfonamides is 1. The van der Waals surface area contributed by atoms with Crippen LogP contribution >= 0.6 is 0 Å². The minimum absolute atomic E-state index is 0.0508. The summed E-state index contributed by atoms with van der Waals surface area (Å²) in [6, 6.07) is 26.1. The summed E-state index contributed by atoms with van der Waals surface area (Å²) < 4.78 is 22.7. The summed E-state index contributed by atoms with van der Waals surface area (Å²) in [4.78, 5) is 12.9. The fraction of sp³-hybridized carbons (Fsp3) is 0.167. The third kappa shape index (κ3) is 5.04. The van der Waals surface area contributed by atoms with Crippen molar-refractivity contribution in [2.45, 2.75) is 23.8 Å². The lowest BCUT2D eigenvalue weighted by molar-refractivity contribution is -0.114. The Balaban J connectivity index is 1.42. The van der Waals surface area contributed by atoms with Crippen molar-refractivity contribution in [1.82, 2.24) is 5.32 Å². The van der Waals surface area contributed by atoms with Crippen LogP contribution in [-0.4, -0.2) is 26.6 Å². The average Bonchev–Trinajstić information content (AvgIpc) is 3.26. The van der Waals surface area contributed by atoms with Gasteiger partial charge in [-0.15, -0.1) is 0 Å². The van der Waals surface area contributed by atoms with Crippen LogP contribution in [0.3, 0.4) is 0 Å². The molecular formula is C24H24N4O3S. The number of carbonyl (C=O) groups is 1. The zero-order chi connectivity index (χ0) is 22.6. The maximum Gasteiger partial charge on any atom is 0.267 e. The molecule has 3 aromatic carbocycles. The highest BCUT2D eigenvalue weighted by Gasteiger charge is 2.32. The van der Waals surface area contributed by atoms with Crippen LogP contribution in [0.25, 0.3) is 0 Å². The molecule has 32 heavy (non-hydrogen) atoms. The number of hydrazone groups is 1. The van der Waals surface area contributed by atoms with Gasteiger partial charge in [-0.3, -0.25) is 9.80 Å². The molecule has 164 valence electrons. The minimum Gasteiger partial charge on any atom is -0.351 e. The summed E-state index contributed by atoms with van der Waals surface area (Å²) in [5, 5.41) is 14.6. The third-order valence-corrected chi connectivity index (χ3v) is 6.26. The predicted molar refractivity (Wildman–Crippen MR) is 125 cm³/mol. The Kier molecular flexibility index (Phi) is 6.34. The van der Waals surface area contributed by atoms with Gasteiger partial charge in [-0.05, 0) is 41.8 Å². The molecule has 8 heteroatoms. The van der Waals surface area contributed by atoms with Gasteiger partial charge in [0.05, 0.1) is 16.6 Å². The van der Waals surface area contributed by atoms with Gasteiger partial charge in [0.15, 0.2) is 0 Å². The van der Waals surface area contributed by atoms with Gasteiger partial charge in [0.25, 0.3) is 5.91 Å². The van der Waals surface area contributed by atoms with Gasteiger partial charge in [0, 0.05) is 13.0 Å². The Bertz CT molecular complexity index is 1210. The Morgan fingerprint density at radius 3 is 2.22 bits per heavy atom. The highest BCUT2D eigenvalue weighted by atomic mass is 32.2. The molecule has 0 aromatic heterocycles. The van der Waals surface area contributed by atoms with Gasteiger partial charge in [0.2, 0.25) is 10.0 Å². The quantitative estimate of drug-likeness (QED) is 0.580. The summed E-state index contributed by atoms with van der Waals surface area (Å²) in [6.45, 7) is 0.411. The van der Waals surface area contributed by atoms with Crippen molar-refractivity contribution in [3.63, 3.8) is 0 Å². The zero-order valence-corrected chi connectivity index (χ0v) is 18.2. The van der Waals surface area contributed by atoms with E-state index in [0.717, 1.165) is 16.8 Å². The van der Waals surface area contributed by atoms with Crippen LogP contribution in [0.4, 0.5) is 5.69 Å². The summed E-state index contributed by atoms with van der Waals surface area (Å²) in [5.41, 5.74) is 3.41. The number of carbonyl (C=O) groups excluding carboxylic acids is 1. The summed E-state index contributed by atoms with van der Waals surface area (Å²) in [5.74, 6) is -0.203. The molecular weight excluding hydrogens is 424 g/mol. The lowest BCUT2D eigenvalue weighted by Gasteiger charge is -2.23. The number of para-hydroxylation sites is 1. The molecule has 1 amide bonds. The number of hydrogen-bond donors (Lipinski definition) is 2. The van der Waals surface area contributed by atoms with Gasteiger partial charge in [-0.1, -0.05) is 60.7 Å². The largest absolute Gasteiger partial charge is 0.351 e. The van der Waals surface area contributed by atoms with Crippen molar-refractivity contribution < 1.29 is 13.2 Å². The maximum atomic E-state index is 12.8. The van der Waals surface area contributed by atoms with E-state index in [-0.39, 0.29) is 16.8 Å². The number of sulfonamides is 1. The third-order valence-electron chi connectivity index (χ3n) is 5.33. The highest BCUT2D eigenvalue weighted by Crippen LogP contribution is 2.34. The second-order valence-electron chi connectivity index (χ2n) is 7.55. The molecule has 0 spiro atoms. The highest BCUT2D eigenvalue weighted by molar-refractivity contribution is 7.89. The summed E-state index contributed by atoms with van der Waals surface area (Å²) in [7, 11) is -3.71. The van der Waals surface area contributed by atoms with E-state index in [2.05, 4.69) is 10.4 Å². The van der Waals surface area contributed by atoms with E-state index in [1.165, 1.54) is 12.1 Å². The fourth-order valence-electron chi connectivity index (χ4n) is 3.67. The van der Waals surface area contributed by atoms with Gasteiger partial charge in [0.1, 0.15) is 5.71 Å². The van der Waals surface area contributed by atoms with E-state index in [4.69, 9.17) is 5.14 Å². The van der Waals surface area contributed by atoms with Crippen molar-refractivity contribution in [2.24, 2.45) is 10.2 Å². The van der Waals surface area contributed by atoms with Crippen LogP contribution in [0.15, 0.2) is 94.9 Å². The molecule has 0 saturated heterocycles. The lowest BCUT2D eigenvalue weighted by Crippen LogP contribution is -2.32. The molecule has 0 saturated carbocycles. The lowest BCUT2D eigenvalue weighted by atomic mass is 10.0. The first-order valence-electron chi connectivity index (χ1n) is 10.3. The second-order valence-corrected chi connectivity index (χ2v) is 9.11. The minimum atomic E-state index is -3.71. The van der Waals surface area contributed by atoms with Crippen molar-refractivity contribution in [1.29, 1.82) is 0 Å². The standard InChI is InChI=1S/C24H24N4O3S/c25-32(30,31)21-13-11-18(12-14-21)15-16-26-24(29)22-17-23(19-7-3-1-4-8-19)28(27-22)20-9-5-2-6-10-20/h1-14,23H,15-17H2,(H,26,29)(H2,25,30,31)/t23-/m0/s1. The Morgan fingerprint density at radius 1 is 0.969 bits per heavy atom. The van der Waals surface area contributed by atoms with E-state index in [0.29, 0.717) is 25.1 Å². The van der Waals surface area contributed by atoms with Crippen LogP contribution in [0, 0.1) is 0 Å². The molecule has 1 aliphatic rings. The molecule has 3 N–H and O–H groups in total. The Labute approximate surface area is 187 Å². The van der Waals surface area contributed by atoms with E-state index >= 15 is 0 Å². The van der Waals surface area contributed by atoms with Crippen LogP contribution in [0.1, 0.15) is 23.6 Å². The number of nitrogens with two attached hydrogens (primary N) is 1. The molecule has 0 aliphatic carbocycles. The number of nitrogens with one attached hydrogen (secondary N) is 1. The van der Waals surface area contributed by atoms with E-state index in [9.17, 15) is 13.2 Å². The first-order chi connectivity index (χ1) is 15.4. The van der Waals surface area contributed by atoms with E-state index in [1.54, 1.807) is 12.1 Å². The number of hydrogen-bond acceptors (Lipinski definition) is 5. The predicted octanol–water partition coefficient (Wildman–Crippen LogP) is 3.00. The van der Waals surface area contributed by atoms with Crippen molar-refractivity contribution in [3.8, 4) is 0 Å². The van der Waals surface area contributed by atoms with Crippen molar-refractivity contribution >= 4 is 27.3 Å². The molecule has 1 atom stereocenters. The molecule has 0 radical (unpaired) electrons. The Hall–Kier alpha value is -3.49. The number of benzene rings is 3. The molecule has 0 unspecified atom stereocenters. The van der Waals surface area contributed by atoms with Crippen molar-refractivity contribution in [2.75, 3.05) is 11.6 Å². The molecule has 1 heterocycles. The zero-order valence-electron chi connectivity index (χ0n) is 17.4. The smallest absolute Gasteiger partial charge is 0.267 e. The van der Waals surface area contributed by atoms with Gasteiger partial charge >= 0.3 is 0 Å². The van der Waals surface area contributed by atoms with Crippen LogP contribution in [-0.2, 0) is 21.2 Å². The van der Waals surface area contributed by atoms with Gasteiger partial charge in [-0.2, -0.15) is 5.10 Å². The molecule has 4 rings (SSSR count). The van der Waals surface area contributed by atoms with Gasteiger partial charge in [-0.25, -0.2) is 13.6 Å². The molecule has 7 nitrogen and oxygen atoms in total. The first kappa shape index (κ1) is 21.7. The molecule has 0 bridgehead atoms. The Morgan fingerprint density at radius 2 is 1.59 bits per heavy atom. The summed E-state index contributed by atoms with van der Waals surface area (Å²) >= 11 is 0. The first-order valence-corrected chi connectivity index (χ1v) is 11.8. The summed E-state index contributed by atoms with van der Waals surface area (Å²) in [6.07, 6.45) is 1.07. The number of amides is 1.